The lowest BCUT2D eigenvalue weighted by Crippen LogP contribution is -2.05. The largest absolute Gasteiger partial charge is 0.496 e. The van der Waals surface area contributed by atoms with Gasteiger partial charge in [0.25, 0.3) is 0 Å². The Hall–Kier alpha value is -2.95. The minimum Gasteiger partial charge on any atom is -0.496 e. The molecule has 0 spiro atoms. The van der Waals surface area contributed by atoms with E-state index in [9.17, 15) is 9.18 Å². The lowest BCUT2D eigenvalue weighted by molar-refractivity contribution is -0.129. The summed E-state index contributed by atoms with van der Waals surface area (Å²) in [5, 5.41) is 0. The van der Waals surface area contributed by atoms with Gasteiger partial charge in [-0.1, -0.05) is 11.6 Å². The predicted octanol–water partition coefficient (Wildman–Crippen LogP) is 3.49. The van der Waals surface area contributed by atoms with Gasteiger partial charge in [-0.25, -0.2) is 14.2 Å². The van der Waals surface area contributed by atoms with Gasteiger partial charge in [-0.05, 0) is 49.4 Å². The molecule has 2 aromatic carbocycles. The number of aryl methyl sites for hydroxylation is 1. The molecule has 0 aliphatic carbocycles. The third-order valence-electron chi connectivity index (χ3n) is 3.39. The van der Waals surface area contributed by atoms with Gasteiger partial charge in [0, 0.05) is 11.1 Å². The van der Waals surface area contributed by atoms with Crippen molar-refractivity contribution in [3.05, 3.63) is 70.7 Å². The van der Waals surface area contributed by atoms with Gasteiger partial charge in [-0.3, -0.25) is 0 Å². The summed E-state index contributed by atoms with van der Waals surface area (Å²) in [7, 11) is 1.56. The van der Waals surface area contributed by atoms with E-state index in [4.69, 9.17) is 9.47 Å². The van der Waals surface area contributed by atoms with Gasteiger partial charge in [0.05, 0.1) is 7.11 Å². The lowest BCUT2D eigenvalue weighted by Gasteiger charge is -2.05. The van der Waals surface area contributed by atoms with E-state index in [1.807, 2.05) is 25.1 Å². The molecule has 0 radical (unpaired) electrons. The van der Waals surface area contributed by atoms with Crippen LogP contribution >= 0.6 is 0 Å². The molecule has 5 heteroatoms. The zero-order valence-corrected chi connectivity index (χ0v) is 12.7. The van der Waals surface area contributed by atoms with Crippen molar-refractivity contribution in [1.82, 2.24) is 0 Å². The smallest absolute Gasteiger partial charge is 0.363 e. The normalized spacial score (nSPS) is 15.5. The summed E-state index contributed by atoms with van der Waals surface area (Å²) in [6.45, 7) is 1.95. The van der Waals surface area contributed by atoms with E-state index < -0.39 is 5.97 Å². The van der Waals surface area contributed by atoms with E-state index in [0.717, 1.165) is 11.1 Å². The van der Waals surface area contributed by atoms with Crippen LogP contribution in [0.1, 0.15) is 16.7 Å². The van der Waals surface area contributed by atoms with Crippen LogP contribution in [0.15, 0.2) is 53.2 Å². The van der Waals surface area contributed by atoms with Crippen molar-refractivity contribution in [2.75, 3.05) is 7.11 Å². The molecule has 0 saturated carbocycles. The number of esters is 1. The Kier molecular flexibility index (Phi) is 3.93. The average Bonchev–Trinajstić information content (AvgIpc) is 2.89. The van der Waals surface area contributed by atoms with Crippen LogP contribution in [-0.2, 0) is 9.53 Å². The summed E-state index contributed by atoms with van der Waals surface area (Å²) in [5.41, 5.74) is 2.49. The summed E-state index contributed by atoms with van der Waals surface area (Å²) in [4.78, 5) is 16.2. The molecule has 0 bridgehead atoms. The van der Waals surface area contributed by atoms with E-state index >= 15 is 0 Å². The van der Waals surface area contributed by atoms with Gasteiger partial charge in [0.15, 0.2) is 5.70 Å². The maximum atomic E-state index is 13.0. The van der Waals surface area contributed by atoms with Crippen LogP contribution in [0, 0.1) is 12.7 Å². The highest BCUT2D eigenvalue weighted by Crippen LogP contribution is 2.25. The molecule has 2 aromatic rings. The van der Waals surface area contributed by atoms with Crippen LogP contribution in [-0.4, -0.2) is 19.0 Å². The van der Waals surface area contributed by atoms with Crippen molar-refractivity contribution in [2.45, 2.75) is 6.92 Å². The first kappa shape index (κ1) is 15.0. The van der Waals surface area contributed by atoms with E-state index in [0.29, 0.717) is 11.3 Å². The second-order valence-electron chi connectivity index (χ2n) is 5.09. The number of carbonyl (C=O) groups excluding carboxylic acids is 1. The van der Waals surface area contributed by atoms with Gasteiger partial charge in [-0.2, -0.15) is 0 Å². The summed E-state index contributed by atoms with van der Waals surface area (Å²) in [5.74, 6) is -0.110. The third-order valence-corrected chi connectivity index (χ3v) is 3.39. The molecule has 23 heavy (non-hydrogen) atoms. The first-order chi connectivity index (χ1) is 11.1. The van der Waals surface area contributed by atoms with Crippen LogP contribution in [0.2, 0.25) is 0 Å². The Morgan fingerprint density at radius 1 is 1.17 bits per heavy atom. The number of benzene rings is 2. The third kappa shape index (κ3) is 3.13. The van der Waals surface area contributed by atoms with E-state index in [1.165, 1.54) is 24.3 Å². The van der Waals surface area contributed by atoms with Crippen molar-refractivity contribution < 1.29 is 18.7 Å². The number of cyclic esters (lactones) is 1. The van der Waals surface area contributed by atoms with Crippen molar-refractivity contribution in [3.63, 3.8) is 0 Å². The Balaban J connectivity index is 1.98. The number of rotatable bonds is 3. The molecule has 3 rings (SSSR count). The summed E-state index contributed by atoms with van der Waals surface area (Å²) in [6, 6.07) is 11.2. The molecule has 1 heterocycles. The Morgan fingerprint density at radius 3 is 2.61 bits per heavy atom. The van der Waals surface area contributed by atoms with Crippen molar-refractivity contribution in [1.29, 1.82) is 0 Å². The number of hydrogen-bond donors (Lipinski definition) is 0. The molecule has 0 atom stereocenters. The molecule has 116 valence electrons. The first-order valence-corrected chi connectivity index (χ1v) is 7.00. The van der Waals surface area contributed by atoms with Crippen LogP contribution in [0.5, 0.6) is 5.75 Å². The highest BCUT2D eigenvalue weighted by atomic mass is 19.1. The maximum absolute atomic E-state index is 13.0. The molecule has 1 aliphatic heterocycles. The quantitative estimate of drug-likeness (QED) is 0.644. The number of hydrogen-bond acceptors (Lipinski definition) is 4. The van der Waals surface area contributed by atoms with Crippen LogP contribution in [0.25, 0.3) is 6.08 Å². The number of aliphatic imine (C=N–C) groups is 1. The predicted molar refractivity (Wildman–Crippen MR) is 84.7 cm³/mol. The zero-order valence-electron chi connectivity index (χ0n) is 12.7. The molecule has 0 N–H and O–H groups in total. The van der Waals surface area contributed by atoms with Crippen LogP contribution in [0.3, 0.4) is 0 Å². The van der Waals surface area contributed by atoms with Gasteiger partial charge in [0.2, 0.25) is 5.90 Å². The average molecular weight is 311 g/mol. The molecule has 0 fully saturated rings. The fourth-order valence-electron chi connectivity index (χ4n) is 2.24. The minimum absolute atomic E-state index is 0.160. The molecular weight excluding hydrogens is 297 g/mol. The molecular formula is C18H14FNO3. The van der Waals surface area contributed by atoms with Gasteiger partial charge >= 0.3 is 5.97 Å². The number of halogens is 1. The Bertz CT molecular complexity index is 823. The summed E-state index contributed by atoms with van der Waals surface area (Å²) < 4.78 is 23.4. The molecule has 0 saturated heterocycles. The maximum Gasteiger partial charge on any atom is 0.363 e. The molecule has 0 amide bonds. The Morgan fingerprint density at radius 2 is 1.91 bits per heavy atom. The second-order valence-corrected chi connectivity index (χ2v) is 5.09. The highest BCUT2D eigenvalue weighted by molar-refractivity contribution is 6.12. The second kappa shape index (κ2) is 6.04. The molecule has 0 aromatic heterocycles. The zero-order chi connectivity index (χ0) is 16.4. The number of methoxy groups -OCH3 is 1. The van der Waals surface area contributed by atoms with Gasteiger partial charge < -0.3 is 9.47 Å². The van der Waals surface area contributed by atoms with Gasteiger partial charge in [0.1, 0.15) is 11.6 Å². The van der Waals surface area contributed by atoms with Crippen molar-refractivity contribution >= 4 is 17.9 Å². The molecule has 0 unspecified atom stereocenters. The van der Waals surface area contributed by atoms with Crippen LogP contribution in [0.4, 0.5) is 4.39 Å². The minimum atomic E-state index is -0.548. The first-order valence-electron chi connectivity index (χ1n) is 7.00. The monoisotopic (exact) mass is 311 g/mol. The fraction of sp³-hybridized carbons (Fsp3) is 0.111. The molecule has 4 nitrogen and oxygen atoms in total. The summed E-state index contributed by atoms with van der Waals surface area (Å²) >= 11 is 0. The van der Waals surface area contributed by atoms with Crippen LogP contribution < -0.4 is 4.74 Å². The topological polar surface area (TPSA) is 47.9 Å². The van der Waals surface area contributed by atoms with E-state index in [2.05, 4.69) is 4.99 Å². The van der Waals surface area contributed by atoms with Crippen molar-refractivity contribution in [2.24, 2.45) is 4.99 Å². The summed E-state index contributed by atoms with van der Waals surface area (Å²) in [6.07, 6.45) is 1.62. The fourth-order valence-corrected chi connectivity index (χ4v) is 2.24. The molecule has 1 aliphatic rings. The lowest BCUT2D eigenvalue weighted by atomic mass is 10.1. The van der Waals surface area contributed by atoms with E-state index in [1.54, 1.807) is 13.2 Å². The van der Waals surface area contributed by atoms with Gasteiger partial charge in [-0.15, -0.1) is 0 Å². The number of carbonyl (C=O) groups is 1. The van der Waals surface area contributed by atoms with E-state index in [-0.39, 0.29) is 17.4 Å². The Labute approximate surface area is 132 Å². The SMILES string of the molecule is COc1ccc(C)cc1/C=C1/N=C(c2ccc(F)cc2)OC1=O. The standard InChI is InChI=1S/C18H14FNO3/c1-11-3-8-16(22-2)13(9-11)10-15-18(21)23-17(20-15)12-4-6-14(19)7-5-12/h3-10H,1-2H3/b15-10+. The van der Waals surface area contributed by atoms with Crippen molar-refractivity contribution in [3.8, 4) is 5.75 Å². The number of nitrogens with zero attached hydrogens (tertiary/aromatic N) is 1. The highest BCUT2D eigenvalue weighted by Gasteiger charge is 2.24. The number of ether oxygens (including phenoxy) is 2.